The normalized spacial score (nSPS) is 10.7. The summed E-state index contributed by atoms with van der Waals surface area (Å²) in [7, 11) is 0. The second-order valence-corrected chi connectivity index (χ2v) is 2.32. The fourth-order valence-electron chi connectivity index (χ4n) is 0.738. The summed E-state index contributed by atoms with van der Waals surface area (Å²) in [5, 5.41) is 0. The van der Waals surface area contributed by atoms with Gasteiger partial charge in [0.2, 0.25) is 0 Å². The number of rotatable bonds is 2. The summed E-state index contributed by atoms with van der Waals surface area (Å²) in [5.41, 5.74) is 0.748. The van der Waals surface area contributed by atoms with E-state index in [0.29, 0.717) is 5.82 Å². The Morgan fingerprint density at radius 3 is 3.09 bits per heavy atom. The molecule has 0 N–H and O–H groups in total. The molecule has 1 rings (SSSR count). The van der Waals surface area contributed by atoms with Crippen LogP contribution in [0.1, 0.15) is 12.6 Å². The van der Waals surface area contributed by atoms with Crippen LogP contribution in [0.25, 0.3) is 6.08 Å². The van der Waals surface area contributed by atoms with Crippen LogP contribution in [0.4, 0.5) is 5.82 Å². The number of thiol groups is 1. The minimum absolute atomic E-state index is 0.714. The molecule has 1 heterocycles. The molecule has 0 radical (unpaired) electrons. The van der Waals surface area contributed by atoms with Crippen LogP contribution in [0, 0.1) is 0 Å². The second kappa shape index (κ2) is 3.39. The fourth-order valence-corrected chi connectivity index (χ4v) is 0.944. The first kappa shape index (κ1) is 8.07. The van der Waals surface area contributed by atoms with Gasteiger partial charge in [-0.25, -0.2) is 9.98 Å². The predicted octanol–water partition coefficient (Wildman–Crippen LogP) is 1.94. The van der Waals surface area contributed by atoms with Crippen molar-refractivity contribution in [1.82, 2.24) is 8.96 Å². The average molecular weight is 167 g/mol. The number of aromatic nitrogens is 2. The number of hydrogen-bond acceptors (Lipinski definition) is 3. The Kier molecular flexibility index (Phi) is 2.48. The van der Waals surface area contributed by atoms with Gasteiger partial charge in [-0.3, -0.25) is 3.97 Å². The maximum Gasteiger partial charge on any atom is 0.169 e. The summed E-state index contributed by atoms with van der Waals surface area (Å²) in [6.07, 6.45) is 4.92. The first-order valence-corrected chi connectivity index (χ1v) is 3.57. The second-order valence-electron chi connectivity index (χ2n) is 1.89. The molecule has 0 atom stereocenters. The van der Waals surface area contributed by atoms with E-state index in [2.05, 4.69) is 29.4 Å². The Morgan fingerprint density at radius 1 is 1.82 bits per heavy atom. The minimum Gasteiger partial charge on any atom is -0.259 e. The molecule has 11 heavy (non-hydrogen) atoms. The molecule has 0 fully saturated rings. The van der Waals surface area contributed by atoms with Crippen molar-refractivity contribution in [1.29, 1.82) is 0 Å². The summed E-state index contributed by atoms with van der Waals surface area (Å²) >= 11 is 4.10. The van der Waals surface area contributed by atoms with E-state index in [4.69, 9.17) is 0 Å². The van der Waals surface area contributed by atoms with Crippen molar-refractivity contribution < 1.29 is 0 Å². The predicted molar refractivity (Wildman–Crippen MR) is 50.5 cm³/mol. The smallest absolute Gasteiger partial charge is 0.169 e. The summed E-state index contributed by atoms with van der Waals surface area (Å²) in [6, 6.07) is 0. The average Bonchev–Trinajstić information content (AvgIpc) is 2.34. The molecule has 3 nitrogen and oxygen atoms in total. The van der Waals surface area contributed by atoms with E-state index in [9.17, 15) is 0 Å². The van der Waals surface area contributed by atoms with Crippen LogP contribution in [-0.4, -0.2) is 15.2 Å². The molecule has 0 aliphatic rings. The molecule has 0 spiro atoms. The molecule has 0 amide bonds. The Bertz CT molecular complexity index is 288. The number of nitrogens with zero attached hydrogens (tertiary/aromatic N) is 3. The number of hydrogen-bond donors (Lipinski definition) is 1. The zero-order chi connectivity index (χ0) is 8.27. The first-order valence-electron chi connectivity index (χ1n) is 3.17. The van der Waals surface area contributed by atoms with Crippen molar-refractivity contribution in [3.8, 4) is 0 Å². The van der Waals surface area contributed by atoms with Gasteiger partial charge in [0, 0.05) is 6.21 Å². The van der Waals surface area contributed by atoms with E-state index in [0.717, 1.165) is 5.69 Å². The largest absolute Gasteiger partial charge is 0.259 e. The van der Waals surface area contributed by atoms with Gasteiger partial charge in [-0.2, -0.15) is 0 Å². The Hall–Kier alpha value is -1.03. The third kappa shape index (κ3) is 1.51. The Balaban J connectivity index is 3.17. The maximum atomic E-state index is 4.10. The van der Waals surface area contributed by atoms with Gasteiger partial charge < -0.3 is 0 Å². The van der Waals surface area contributed by atoms with Gasteiger partial charge in [-0.15, -0.1) is 0 Å². The molecule has 1 aromatic rings. The zero-order valence-corrected chi connectivity index (χ0v) is 7.12. The van der Waals surface area contributed by atoms with Crippen LogP contribution in [0.15, 0.2) is 17.9 Å². The molecule has 1 aromatic heterocycles. The first-order chi connectivity index (χ1) is 5.29. The lowest BCUT2D eigenvalue weighted by molar-refractivity contribution is 1.23. The molecule has 0 unspecified atom stereocenters. The van der Waals surface area contributed by atoms with E-state index in [-0.39, 0.29) is 0 Å². The van der Waals surface area contributed by atoms with Gasteiger partial charge in [-0.1, -0.05) is 19.4 Å². The highest BCUT2D eigenvalue weighted by Gasteiger charge is 2.02. The standard InChI is InChI=1S/C7H9N3S/c1-3-6-7(8-4-2)10(11)5-9-6/h3-5,11H,1H2,2H3/b8-4-. The highest BCUT2D eigenvalue weighted by molar-refractivity contribution is 7.78. The topological polar surface area (TPSA) is 30.2 Å². The molecule has 58 valence electrons. The van der Waals surface area contributed by atoms with E-state index in [1.54, 1.807) is 22.6 Å². The highest BCUT2D eigenvalue weighted by atomic mass is 32.1. The molecule has 4 heteroatoms. The maximum absolute atomic E-state index is 4.10. The third-order valence-electron chi connectivity index (χ3n) is 1.20. The van der Waals surface area contributed by atoms with Crippen LogP contribution in [-0.2, 0) is 0 Å². The highest BCUT2D eigenvalue weighted by Crippen LogP contribution is 2.19. The monoisotopic (exact) mass is 167 g/mol. The molecular weight excluding hydrogens is 158 g/mol. The van der Waals surface area contributed by atoms with Crippen molar-refractivity contribution in [3.05, 3.63) is 18.6 Å². The fraction of sp³-hybridized carbons (Fsp3) is 0.143. The van der Waals surface area contributed by atoms with Gasteiger partial charge in [0.05, 0.1) is 0 Å². The lowest BCUT2D eigenvalue weighted by Gasteiger charge is -1.92. The molecule has 0 saturated heterocycles. The quantitative estimate of drug-likeness (QED) is 0.529. The molecule has 0 aliphatic heterocycles. The summed E-state index contributed by atoms with van der Waals surface area (Å²) in [4.78, 5) is 8.07. The van der Waals surface area contributed by atoms with Crippen molar-refractivity contribution in [2.45, 2.75) is 6.92 Å². The van der Waals surface area contributed by atoms with Gasteiger partial charge in [0.15, 0.2) is 5.82 Å². The van der Waals surface area contributed by atoms with Crippen molar-refractivity contribution in [2.75, 3.05) is 0 Å². The van der Waals surface area contributed by atoms with Crippen LogP contribution in [0.2, 0.25) is 0 Å². The number of imidazole rings is 1. The van der Waals surface area contributed by atoms with Crippen molar-refractivity contribution >= 4 is 30.9 Å². The zero-order valence-electron chi connectivity index (χ0n) is 6.23. The van der Waals surface area contributed by atoms with Gasteiger partial charge in [-0.05, 0) is 13.0 Å². The van der Waals surface area contributed by atoms with Crippen LogP contribution >= 0.6 is 12.8 Å². The van der Waals surface area contributed by atoms with Crippen LogP contribution < -0.4 is 0 Å². The SMILES string of the molecule is C=Cc1ncn(S)c1/N=C\C. The van der Waals surface area contributed by atoms with Gasteiger partial charge in [0.25, 0.3) is 0 Å². The van der Waals surface area contributed by atoms with Crippen LogP contribution in [0.5, 0.6) is 0 Å². The minimum atomic E-state index is 0.714. The molecule has 0 aliphatic carbocycles. The lowest BCUT2D eigenvalue weighted by Crippen LogP contribution is -1.76. The molecule has 0 bridgehead atoms. The van der Waals surface area contributed by atoms with Crippen molar-refractivity contribution in [2.24, 2.45) is 4.99 Å². The van der Waals surface area contributed by atoms with Gasteiger partial charge >= 0.3 is 0 Å². The number of aliphatic imine (C=N–C) groups is 1. The van der Waals surface area contributed by atoms with E-state index in [1.807, 2.05) is 6.92 Å². The van der Waals surface area contributed by atoms with Gasteiger partial charge in [0.1, 0.15) is 12.0 Å². The summed E-state index contributed by atoms with van der Waals surface area (Å²) < 4.78 is 1.55. The molecule has 0 saturated carbocycles. The third-order valence-corrected chi connectivity index (χ3v) is 1.49. The van der Waals surface area contributed by atoms with Crippen molar-refractivity contribution in [3.63, 3.8) is 0 Å². The lowest BCUT2D eigenvalue weighted by atomic mass is 10.4. The van der Waals surface area contributed by atoms with E-state index >= 15 is 0 Å². The van der Waals surface area contributed by atoms with E-state index in [1.165, 1.54) is 0 Å². The Labute approximate surface area is 71.0 Å². The Morgan fingerprint density at radius 2 is 2.55 bits per heavy atom. The summed E-state index contributed by atoms with van der Waals surface area (Å²) in [6.45, 7) is 5.44. The molecule has 0 aromatic carbocycles. The summed E-state index contributed by atoms with van der Waals surface area (Å²) in [5.74, 6) is 0.714. The molecular formula is C7H9N3S. The van der Waals surface area contributed by atoms with Crippen LogP contribution in [0.3, 0.4) is 0 Å². The van der Waals surface area contributed by atoms with E-state index < -0.39 is 0 Å².